The van der Waals surface area contributed by atoms with Gasteiger partial charge in [-0.25, -0.2) is 0 Å². The molecule has 0 spiro atoms. The van der Waals surface area contributed by atoms with E-state index in [9.17, 15) is 0 Å². The van der Waals surface area contributed by atoms with Crippen LogP contribution < -0.4 is 10.6 Å². The van der Waals surface area contributed by atoms with Crippen LogP contribution in [0.3, 0.4) is 0 Å². The number of anilines is 3. The highest BCUT2D eigenvalue weighted by molar-refractivity contribution is 5.63. The van der Waals surface area contributed by atoms with Gasteiger partial charge in [0.1, 0.15) is 0 Å². The summed E-state index contributed by atoms with van der Waals surface area (Å²) in [5.74, 6) is 0.525. The Hall–Kier alpha value is -2.48. The van der Waals surface area contributed by atoms with E-state index in [1.54, 1.807) is 0 Å². The van der Waals surface area contributed by atoms with Gasteiger partial charge in [0.15, 0.2) is 0 Å². The Balaban J connectivity index is 1.66. The van der Waals surface area contributed by atoms with Crippen LogP contribution in [-0.4, -0.2) is 0 Å². The Morgan fingerprint density at radius 1 is 0.750 bits per heavy atom. The summed E-state index contributed by atoms with van der Waals surface area (Å²) in [5.41, 5.74) is 4.46. The predicted molar refractivity (Wildman–Crippen MR) is 86.2 cm³/mol. The van der Waals surface area contributed by atoms with Crippen molar-refractivity contribution in [1.29, 1.82) is 0 Å². The largest absolute Gasteiger partial charge is 0.356 e. The Morgan fingerprint density at radius 3 is 1.95 bits per heavy atom. The van der Waals surface area contributed by atoms with E-state index in [-0.39, 0.29) is 0 Å². The van der Waals surface area contributed by atoms with E-state index in [0.717, 1.165) is 17.1 Å². The molecule has 3 rings (SSSR count). The SMILES string of the molecule is CC1C=CC(Nc2ccc(Nc3ccccc3)cc2)=C1. The molecule has 1 aliphatic rings. The molecule has 1 atom stereocenters. The lowest BCUT2D eigenvalue weighted by Gasteiger charge is -2.09. The average molecular weight is 262 g/mol. The van der Waals surface area contributed by atoms with Crippen LogP contribution in [0.2, 0.25) is 0 Å². The zero-order valence-electron chi connectivity index (χ0n) is 11.5. The maximum absolute atomic E-state index is 3.41. The Labute approximate surface area is 119 Å². The van der Waals surface area contributed by atoms with Gasteiger partial charge < -0.3 is 10.6 Å². The van der Waals surface area contributed by atoms with Gasteiger partial charge in [-0.1, -0.05) is 37.3 Å². The molecule has 2 aromatic carbocycles. The molecule has 2 N–H and O–H groups in total. The number of nitrogens with one attached hydrogen (secondary N) is 2. The molecule has 1 unspecified atom stereocenters. The number of hydrogen-bond acceptors (Lipinski definition) is 2. The van der Waals surface area contributed by atoms with Crippen LogP contribution in [0.15, 0.2) is 78.5 Å². The van der Waals surface area contributed by atoms with E-state index < -0.39 is 0 Å². The number of benzene rings is 2. The van der Waals surface area contributed by atoms with Crippen molar-refractivity contribution in [2.45, 2.75) is 6.92 Å². The fraction of sp³-hybridized carbons (Fsp3) is 0.111. The smallest absolute Gasteiger partial charge is 0.0385 e. The van der Waals surface area contributed by atoms with Crippen molar-refractivity contribution in [1.82, 2.24) is 0 Å². The quantitative estimate of drug-likeness (QED) is 0.816. The third-order valence-corrected chi connectivity index (χ3v) is 3.26. The maximum Gasteiger partial charge on any atom is 0.0385 e. The van der Waals surface area contributed by atoms with Crippen LogP contribution in [0.1, 0.15) is 6.92 Å². The molecule has 2 aromatic rings. The second-order valence-corrected chi connectivity index (χ2v) is 5.03. The molecule has 100 valence electrons. The summed E-state index contributed by atoms with van der Waals surface area (Å²) in [4.78, 5) is 0. The van der Waals surface area contributed by atoms with Crippen LogP contribution in [0.4, 0.5) is 17.1 Å². The van der Waals surface area contributed by atoms with Gasteiger partial charge in [-0.15, -0.1) is 0 Å². The van der Waals surface area contributed by atoms with Crippen LogP contribution in [0.25, 0.3) is 0 Å². The molecule has 1 aliphatic carbocycles. The fourth-order valence-electron chi connectivity index (χ4n) is 2.22. The molecule has 0 fully saturated rings. The summed E-state index contributed by atoms with van der Waals surface area (Å²) >= 11 is 0. The van der Waals surface area contributed by atoms with Gasteiger partial charge in [0.2, 0.25) is 0 Å². The third-order valence-electron chi connectivity index (χ3n) is 3.26. The minimum absolute atomic E-state index is 0.525. The summed E-state index contributed by atoms with van der Waals surface area (Å²) in [6.07, 6.45) is 6.53. The van der Waals surface area contributed by atoms with Crippen LogP contribution in [0.5, 0.6) is 0 Å². The second-order valence-electron chi connectivity index (χ2n) is 5.03. The molecule has 2 heteroatoms. The highest BCUT2D eigenvalue weighted by Gasteiger charge is 2.04. The molecular formula is C18H18N2. The van der Waals surface area contributed by atoms with E-state index in [0.29, 0.717) is 5.92 Å². The zero-order valence-corrected chi connectivity index (χ0v) is 11.5. The van der Waals surface area contributed by atoms with E-state index in [2.05, 4.69) is 72.2 Å². The monoisotopic (exact) mass is 262 g/mol. The Kier molecular flexibility index (Phi) is 3.55. The first-order valence-corrected chi connectivity index (χ1v) is 6.89. The first-order chi connectivity index (χ1) is 9.79. The van der Waals surface area contributed by atoms with Crippen LogP contribution >= 0.6 is 0 Å². The number of hydrogen-bond donors (Lipinski definition) is 2. The van der Waals surface area contributed by atoms with E-state index in [4.69, 9.17) is 0 Å². The lowest BCUT2D eigenvalue weighted by atomic mass is 10.2. The van der Waals surface area contributed by atoms with Crippen LogP contribution in [-0.2, 0) is 0 Å². The molecule has 0 amide bonds. The molecule has 0 aliphatic heterocycles. The fourth-order valence-corrected chi connectivity index (χ4v) is 2.22. The Morgan fingerprint density at radius 2 is 1.35 bits per heavy atom. The molecule has 0 radical (unpaired) electrons. The van der Waals surface area contributed by atoms with Gasteiger partial charge in [0, 0.05) is 22.8 Å². The standard InChI is InChI=1S/C18H18N2/c1-14-7-8-18(13-14)20-17-11-9-16(10-12-17)19-15-5-3-2-4-6-15/h2-14,19-20H,1H3. The molecular weight excluding hydrogens is 244 g/mol. The molecule has 0 aromatic heterocycles. The first kappa shape index (κ1) is 12.5. The van der Waals surface area contributed by atoms with Gasteiger partial charge in [-0.3, -0.25) is 0 Å². The van der Waals surface area contributed by atoms with Crippen molar-refractivity contribution in [2.24, 2.45) is 5.92 Å². The normalized spacial score (nSPS) is 16.9. The molecule has 0 saturated heterocycles. The number of allylic oxidation sites excluding steroid dienone is 3. The first-order valence-electron chi connectivity index (χ1n) is 6.89. The zero-order chi connectivity index (χ0) is 13.8. The third kappa shape index (κ3) is 3.09. The van der Waals surface area contributed by atoms with Gasteiger partial charge >= 0.3 is 0 Å². The number of para-hydroxylation sites is 1. The summed E-state index contributed by atoms with van der Waals surface area (Å²) in [6.45, 7) is 2.18. The lowest BCUT2D eigenvalue weighted by molar-refractivity contribution is 0.955. The van der Waals surface area contributed by atoms with Crippen molar-refractivity contribution < 1.29 is 0 Å². The highest BCUT2D eigenvalue weighted by Crippen LogP contribution is 2.21. The Bertz CT molecular complexity index is 624. The maximum atomic E-state index is 3.41. The predicted octanol–water partition coefficient (Wildman–Crippen LogP) is 4.93. The summed E-state index contributed by atoms with van der Waals surface area (Å²) in [6, 6.07) is 18.5. The van der Waals surface area contributed by atoms with Crippen molar-refractivity contribution in [3.05, 3.63) is 78.5 Å². The van der Waals surface area contributed by atoms with Crippen molar-refractivity contribution in [3.8, 4) is 0 Å². The number of rotatable bonds is 4. The summed E-state index contributed by atoms with van der Waals surface area (Å²) in [7, 11) is 0. The molecule has 2 nitrogen and oxygen atoms in total. The molecule has 20 heavy (non-hydrogen) atoms. The molecule has 0 saturated carbocycles. The second kappa shape index (κ2) is 5.66. The van der Waals surface area contributed by atoms with Crippen molar-refractivity contribution in [2.75, 3.05) is 10.6 Å². The van der Waals surface area contributed by atoms with Crippen molar-refractivity contribution >= 4 is 17.1 Å². The van der Waals surface area contributed by atoms with E-state index in [1.807, 2.05) is 18.2 Å². The highest BCUT2D eigenvalue weighted by atomic mass is 14.9. The van der Waals surface area contributed by atoms with Gasteiger partial charge in [-0.05, 0) is 48.4 Å². The van der Waals surface area contributed by atoms with E-state index >= 15 is 0 Å². The van der Waals surface area contributed by atoms with E-state index in [1.165, 1.54) is 5.70 Å². The lowest BCUT2D eigenvalue weighted by Crippen LogP contribution is -1.96. The summed E-state index contributed by atoms with van der Waals surface area (Å²) < 4.78 is 0. The molecule has 0 bridgehead atoms. The van der Waals surface area contributed by atoms with Gasteiger partial charge in [0.25, 0.3) is 0 Å². The minimum atomic E-state index is 0.525. The summed E-state index contributed by atoms with van der Waals surface area (Å²) in [5, 5.41) is 6.78. The van der Waals surface area contributed by atoms with Gasteiger partial charge in [0.05, 0.1) is 0 Å². The minimum Gasteiger partial charge on any atom is -0.356 e. The topological polar surface area (TPSA) is 24.1 Å². The molecule has 0 heterocycles. The average Bonchev–Trinajstić information content (AvgIpc) is 2.88. The van der Waals surface area contributed by atoms with Crippen molar-refractivity contribution in [3.63, 3.8) is 0 Å². The van der Waals surface area contributed by atoms with Gasteiger partial charge in [-0.2, -0.15) is 0 Å². The van der Waals surface area contributed by atoms with Crippen LogP contribution in [0, 0.1) is 5.92 Å².